The number of aliphatic hydroxyl groups excluding tert-OH is 1. The summed E-state index contributed by atoms with van der Waals surface area (Å²) in [5, 5.41) is 8.97. The van der Waals surface area contributed by atoms with Gasteiger partial charge in [-0.05, 0) is 5.82 Å². The molecule has 8 nitrogen and oxygen atoms in total. The summed E-state index contributed by atoms with van der Waals surface area (Å²) in [6.07, 6.45) is -2.81. The molecule has 11 heteroatoms. The molecule has 3 rings (SSSR count). The molecular formula is C11H12F2IrN5O3-. The molecule has 22 heavy (non-hydrogen) atoms. The average molecular weight is 492 g/mol. The molecule has 0 aromatic carbocycles. The molecule has 0 amide bonds. The summed E-state index contributed by atoms with van der Waals surface area (Å²) in [7, 11) is 0. The fraction of sp³-hybridized carbons (Fsp3) is 0.455. The van der Waals surface area contributed by atoms with Crippen molar-refractivity contribution in [2.45, 2.75) is 24.9 Å². The van der Waals surface area contributed by atoms with Crippen molar-refractivity contribution in [2.75, 3.05) is 6.61 Å². The van der Waals surface area contributed by atoms with Crippen LogP contribution in [0.25, 0.3) is 16.9 Å². The van der Waals surface area contributed by atoms with E-state index in [4.69, 9.17) is 20.4 Å². The third-order valence-corrected chi connectivity index (χ3v) is 3.00. The van der Waals surface area contributed by atoms with Crippen molar-refractivity contribution in [2.24, 2.45) is 0 Å². The first-order chi connectivity index (χ1) is 10.1. The molecule has 0 saturated carbocycles. The molecule has 3 heterocycles. The van der Waals surface area contributed by atoms with Crippen molar-refractivity contribution in [3.8, 4) is 0 Å². The van der Waals surface area contributed by atoms with Gasteiger partial charge in [-0.15, -0.1) is 0 Å². The number of nitrogens with one attached hydrogen (secondary N) is 1. The normalized spacial score (nSPS) is 23.7. The molecule has 1 saturated heterocycles. The minimum absolute atomic E-state index is 0. The number of aliphatic hydroxyl groups is 1. The maximum Gasteiger partial charge on any atom is 0.208 e. The van der Waals surface area contributed by atoms with Crippen LogP contribution in [0.15, 0.2) is 6.33 Å². The molecule has 2 aromatic rings. The van der Waals surface area contributed by atoms with Crippen molar-refractivity contribution in [3.63, 3.8) is 0 Å². The summed E-state index contributed by atoms with van der Waals surface area (Å²) >= 11 is 0. The van der Waals surface area contributed by atoms with Crippen molar-refractivity contribution in [1.29, 1.82) is 0 Å². The molecule has 2 N–H and O–H groups in total. The van der Waals surface area contributed by atoms with Gasteiger partial charge in [0.1, 0.15) is 18.5 Å². The first-order valence-corrected chi connectivity index (χ1v) is 5.91. The summed E-state index contributed by atoms with van der Waals surface area (Å²) in [6, 6.07) is 0. The second-order valence-electron chi connectivity index (χ2n) is 4.25. The van der Waals surface area contributed by atoms with Crippen LogP contribution in [0.3, 0.4) is 0 Å². The van der Waals surface area contributed by atoms with Crippen LogP contribution in [0.5, 0.6) is 0 Å². The van der Waals surface area contributed by atoms with E-state index in [1.165, 1.54) is 10.9 Å². The summed E-state index contributed by atoms with van der Waals surface area (Å²) in [5.41, 5.74) is 7.55. The van der Waals surface area contributed by atoms with E-state index in [-0.39, 0.29) is 50.1 Å². The molecule has 1 aliphatic heterocycles. The molecule has 2 aromatic heterocycles. The number of hydrogen-bond donors (Lipinski definition) is 1. The van der Waals surface area contributed by atoms with Crippen LogP contribution in [0.2, 0.25) is 0 Å². The number of fused-ring (bicyclic) bond motifs is 1. The number of nitrogens with zero attached hydrogens (tertiary/aromatic N) is 4. The number of aromatic nitrogens is 4. The van der Waals surface area contributed by atoms with E-state index >= 15 is 0 Å². The van der Waals surface area contributed by atoms with Crippen molar-refractivity contribution in [3.05, 3.63) is 18.1 Å². The molecule has 1 radical (unpaired) electrons. The summed E-state index contributed by atoms with van der Waals surface area (Å²) in [4.78, 5) is 18.6. The monoisotopic (exact) mass is 493 g/mol. The number of carbonyl (C=O) groups excluding carboxylic acids is 1. The van der Waals surface area contributed by atoms with Gasteiger partial charge < -0.3 is 25.4 Å². The van der Waals surface area contributed by atoms with E-state index in [1.54, 1.807) is 0 Å². The van der Waals surface area contributed by atoms with Crippen LogP contribution < -0.4 is 0 Å². The van der Waals surface area contributed by atoms with Crippen LogP contribution >= 0.6 is 0 Å². The minimum atomic E-state index is -1.36. The number of halogens is 2. The van der Waals surface area contributed by atoms with Gasteiger partial charge in [0.15, 0.2) is 11.9 Å². The number of imidazole rings is 1. The third kappa shape index (κ3) is 3.27. The first-order valence-electron chi connectivity index (χ1n) is 5.91. The van der Waals surface area contributed by atoms with Gasteiger partial charge in [0.25, 0.3) is 0 Å². The second kappa shape index (κ2) is 7.63. The molecule has 3 unspecified atom stereocenters. The molecular weight excluding hydrogens is 480 g/mol. The van der Waals surface area contributed by atoms with Crippen LogP contribution in [-0.4, -0.2) is 50.3 Å². The number of alkyl halides is 1. The standard InChI is InChI=1S/C10H10F2N5O2.CH2O.Ir/c11-5-1-4(2-18)19-9(5)17-3-14-6-7(13)15-10(12)16-8(6)17;1-2;/h3-5,9,18H,1-2H2,(H-,13,15,16);1H2;/q-1;;. The van der Waals surface area contributed by atoms with E-state index in [2.05, 4.69) is 15.0 Å². The van der Waals surface area contributed by atoms with Gasteiger partial charge >= 0.3 is 0 Å². The van der Waals surface area contributed by atoms with E-state index in [9.17, 15) is 8.78 Å². The predicted octanol–water partition coefficient (Wildman–Crippen LogP) is 1.08. The SMILES string of the molecule is C=O.[Ir].[NH-]c1nc(F)nc2c1ncn2C1OC(CO)CC1F. The van der Waals surface area contributed by atoms with Gasteiger partial charge in [0.05, 0.1) is 19.0 Å². The Labute approximate surface area is 137 Å². The van der Waals surface area contributed by atoms with Crippen molar-refractivity contribution >= 4 is 23.8 Å². The predicted molar refractivity (Wildman–Crippen MR) is 66.9 cm³/mol. The van der Waals surface area contributed by atoms with Gasteiger partial charge in [0.2, 0.25) is 6.08 Å². The Balaban J connectivity index is 0.000000775. The zero-order chi connectivity index (χ0) is 15.6. The first kappa shape index (κ1) is 18.5. The van der Waals surface area contributed by atoms with Crippen LogP contribution in [-0.2, 0) is 29.6 Å². The van der Waals surface area contributed by atoms with Crippen LogP contribution in [0.4, 0.5) is 14.6 Å². The quantitative estimate of drug-likeness (QED) is 0.628. The molecule has 0 aliphatic carbocycles. The van der Waals surface area contributed by atoms with Gasteiger partial charge in [0, 0.05) is 26.5 Å². The summed E-state index contributed by atoms with van der Waals surface area (Å²) in [6.45, 7) is 1.70. The zero-order valence-corrected chi connectivity index (χ0v) is 13.5. The Morgan fingerprint density at radius 2 is 2.18 bits per heavy atom. The summed E-state index contributed by atoms with van der Waals surface area (Å²) in [5.74, 6) is -0.367. The topological polar surface area (TPSA) is 114 Å². The molecule has 123 valence electrons. The van der Waals surface area contributed by atoms with Crippen LogP contribution in [0.1, 0.15) is 12.6 Å². The van der Waals surface area contributed by atoms with E-state index in [0.717, 1.165) is 0 Å². The van der Waals surface area contributed by atoms with Crippen molar-refractivity contribution < 1.29 is 43.5 Å². The Kier molecular flexibility index (Phi) is 6.42. The third-order valence-electron chi connectivity index (χ3n) is 3.00. The van der Waals surface area contributed by atoms with Crippen LogP contribution in [0, 0.1) is 6.08 Å². The van der Waals surface area contributed by atoms with Gasteiger partial charge in [-0.1, -0.05) is 0 Å². The Bertz CT molecular complexity index is 643. The number of hydrogen-bond acceptors (Lipinski definition) is 6. The van der Waals surface area contributed by atoms with Gasteiger partial charge in [-0.3, -0.25) is 4.57 Å². The van der Waals surface area contributed by atoms with E-state index < -0.39 is 24.6 Å². The molecule has 0 spiro atoms. The molecule has 0 bridgehead atoms. The number of rotatable bonds is 2. The molecule has 1 aliphatic rings. The minimum Gasteiger partial charge on any atom is -0.480 e. The van der Waals surface area contributed by atoms with Gasteiger partial charge in [-0.25, -0.2) is 14.4 Å². The zero-order valence-electron chi connectivity index (χ0n) is 11.1. The fourth-order valence-corrected chi connectivity index (χ4v) is 2.14. The van der Waals surface area contributed by atoms with E-state index in [0.29, 0.717) is 0 Å². The maximum atomic E-state index is 13.8. The van der Waals surface area contributed by atoms with Gasteiger partial charge in [-0.2, -0.15) is 4.39 Å². The molecule has 1 fully saturated rings. The van der Waals surface area contributed by atoms with Crippen molar-refractivity contribution in [1.82, 2.24) is 19.5 Å². The fourth-order valence-electron chi connectivity index (χ4n) is 2.14. The number of carbonyl (C=O) groups is 1. The Morgan fingerprint density at radius 1 is 1.50 bits per heavy atom. The smallest absolute Gasteiger partial charge is 0.208 e. The maximum absolute atomic E-state index is 13.8. The molecule has 3 atom stereocenters. The summed E-state index contributed by atoms with van der Waals surface area (Å²) < 4.78 is 33.5. The Hall–Kier alpha value is -1.55. The Morgan fingerprint density at radius 3 is 2.77 bits per heavy atom. The average Bonchev–Trinajstić information content (AvgIpc) is 3.04. The largest absolute Gasteiger partial charge is 0.480 e. The number of ether oxygens (including phenoxy) is 1. The second-order valence-corrected chi connectivity index (χ2v) is 4.25. The van der Waals surface area contributed by atoms with E-state index in [1.807, 2.05) is 6.79 Å².